The van der Waals surface area contributed by atoms with Crippen LogP contribution in [0.3, 0.4) is 0 Å². The van der Waals surface area contributed by atoms with E-state index in [0.29, 0.717) is 12.8 Å². The van der Waals surface area contributed by atoms with Crippen LogP contribution in [-0.2, 0) is 37.4 Å². The maximum Gasteiger partial charge on any atom is 0.509 e. The zero-order chi connectivity index (χ0) is 23.4. The Bertz CT molecular complexity index is 635. The predicted octanol–water partition coefficient (Wildman–Crippen LogP) is 3.33. The fraction of sp³-hybridized carbons (Fsp3) is 0.722. The second-order valence-corrected chi connectivity index (χ2v) is 9.23. The molecule has 11 nitrogen and oxygen atoms in total. The Morgan fingerprint density at radius 1 is 1.03 bits per heavy atom. The Labute approximate surface area is 177 Å². The fourth-order valence-electron chi connectivity index (χ4n) is 2.03. The fourth-order valence-corrected chi connectivity index (χ4v) is 3.14. The molecule has 0 rings (SSSR count). The van der Waals surface area contributed by atoms with Gasteiger partial charge in [0, 0.05) is 20.8 Å². The van der Waals surface area contributed by atoms with E-state index in [1.807, 2.05) is 0 Å². The highest BCUT2D eigenvalue weighted by Crippen LogP contribution is 2.52. The molecule has 0 saturated carbocycles. The van der Waals surface area contributed by atoms with Crippen LogP contribution in [0.5, 0.6) is 0 Å². The summed E-state index contributed by atoms with van der Waals surface area (Å²) in [7, 11) is 0.921. The van der Waals surface area contributed by atoms with Crippen molar-refractivity contribution < 1.29 is 46.9 Å². The van der Waals surface area contributed by atoms with Crippen molar-refractivity contribution in [2.45, 2.75) is 45.1 Å². The number of allylic oxidation sites excluding steroid dienone is 1. The summed E-state index contributed by atoms with van der Waals surface area (Å²) in [6, 6.07) is 0. The maximum atomic E-state index is 12.5. The molecule has 0 fully saturated rings. The van der Waals surface area contributed by atoms with Gasteiger partial charge in [-0.2, -0.15) is 0 Å². The van der Waals surface area contributed by atoms with E-state index in [1.165, 1.54) is 18.1 Å². The van der Waals surface area contributed by atoms with Crippen molar-refractivity contribution in [3.63, 3.8) is 0 Å². The van der Waals surface area contributed by atoms with Gasteiger partial charge in [0.05, 0.1) is 14.2 Å². The first-order valence-electron chi connectivity index (χ1n) is 9.09. The number of unbranched alkanes of at least 4 members (excludes halogenated alkanes) is 1. The number of rotatable bonds is 11. The molecular formula is C18H32NO10P. The molecule has 0 aliphatic carbocycles. The Hall–Kier alpha value is -2.10. The molecule has 0 aliphatic rings. The summed E-state index contributed by atoms with van der Waals surface area (Å²) in [5, 5.41) is 0. The number of hydrogen-bond acceptors (Lipinski definition) is 10. The molecule has 0 spiro atoms. The van der Waals surface area contributed by atoms with E-state index in [9.17, 15) is 18.9 Å². The summed E-state index contributed by atoms with van der Waals surface area (Å²) in [6.45, 7) is 5.09. The van der Waals surface area contributed by atoms with Gasteiger partial charge in [-0.3, -0.25) is 14.3 Å². The van der Waals surface area contributed by atoms with Crippen molar-refractivity contribution in [3.8, 4) is 0 Å². The number of nitrogens with zero attached hydrogens (tertiary/aromatic N) is 1. The van der Waals surface area contributed by atoms with E-state index in [1.54, 1.807) is 26.8 Å². The summed E-state index contributed by atoms with van der Waals surface area (Å²) in [4.78, 5) is 36.5. The molecule has 174 valence electrons. The van der Waals surface area contributed by atoms with Crippen molar-refractivity contribution in [3.05, 3.63) is 12.2 Å². The molecular weight excluding hydrogens is 421 g/mol. The van der Waals surface area contributed by atoms with Gasteiger partial charge in [0.15, 0.2) is 0 Å². The van der Waals surface area contributed by atoms with Gasteiger partial charge in [-0.15, -0.1) is 0 Å². The molecule has 0 saturated heterocycles. The SMILES string of the molecule is COC(=O)CN(CCC/C=C/[C@H](OC(=O)OC)P(=O)(OC)OC)C(=O)OC(C)(C)C. The molecule has 0 aliphatic heterocycles. The highest BCUT2D eigenvalue weighted by atomic mass is 31.2. The number of hydrogen-bond donors (Lipinski definition) is 0. The first kappa shape index (κ1) is 27.9. The van der Waals surface area contributed by atoms with Crippen molar-refractivity contribution in [1.29, 1.82) is 0 Å². The molecule has 0 bridgehead atoms. The van der Waals surface area contributed by atoms with Crippen LogP contribution in [0.4, 0.5) is 9.59 Å². The molecule has 0 aromatic heterocycles. The van der Waals surface area contributed by atoms with E-state index < -0.39 is 37.3 Å². The topological polar surface area (TPSA) is 127 Å². The quantitative estimate of drug-likeness (QED) is 0.151. The molecule has 12 heteroatoms. The van der Waals surface area contributed by atoms with Gasteiger partial charge in [-0.05, 0) is 39.7 Å². The Balaban J connectivity index is 5.02. The van der Waals surface area contributed by atoms with Crippen LogP contribution in [0, 0.1) is 0 Å². The maximum absolute atomic E-state index is 12.5. The lowest BCUT2D eigenvalue weighted by molar-refractivity contribution is -0.141. The third kappa shape index (κ3) is 10.6. The Morgan fingerprint density at radius 3 is 2.10 bits per heavy atom. The molecule has 1 atom stereocenters. The van der Waals surface area contributed by atoms with Gasteiger partial charge in [0.2, 0.25) is 5.85 Å². The second-order valence-electron chi connectivity index (χ2n) is 6.92. The molecule has 0 N–H and O–H groups in total. The number of carbonyl (C=O) groups is 3. The highest BCUT2D eigenvalue weighted by Gasteiger charge is 2.36. The minimum absolute atomic E-state index is 0.198. The van der Waals surface area contributed by atoms with Crippen LogP contribution in [0.1, 0.15) is 33.6 Å². The van der Waals surface area contributed by atoms with Crippen LogP contribution >= 0.6 is 7.60 Å². The van der Waals surface area contributed by atoms with Gasteiger partial charge in [-0.1, -0.05) is 6.08 Å². The minimum Gasteiger partial charge on any atom is -0.468 e. The molecule has 30 heavy (non-hydrogen) atoms. The first-order chi connectivity index (χ1) is 13.9. The summed E-state index contributed by atoms with van der Waals surface area (Å²) >= 11 is 0. The number of ether oxygens (including phenoxy) is 4. The van der Waals surface area contributed by atoms with E-state index in [2.05, 4.69) is 9.47 Å². The van der Waals surface area contributed by atoms with Gasteiger partial charge in [0.1, 0.15) is 12.1 Å². The van der Waals surface area contributed by atoms with Gasteiger partial charge in [-0.25, -0.2) is 9.59 Å². The lowest BCUT2D eigenvalue weighted by Crippen LogP contribution is -2.40. The van der Waals surface area contributed by atoms with E-state index >= 15 is 0 Å². The summed E-state index contributed by atoms with van der Waals surface area (Å²) in [5.74, 6) is -1.89. The van der Waals surface area contributed by atoms with Crippen molar-refractivity contribution in [2.24, 2.45) is 0 Å². The van der Waals surface area contributed by atoms with Crippen LogP contribution < -0.4 is 0 Å². The molecule has 0 aromatic carbocycles. The monoisotopic (exact) mass is 453 g/mol. The predicted molar refractivity (Wildman–Crippen MR) is 107 cm³/mol. The average Bonchev–Trinajstić information content (AvgIpc) is 2.69. The Kier molecular flexibility index (Phi) is 12.3. The van der Waals surface area contributed by atoms with Crippen LogP contribution in [-0.4, -0.2) is 76.1 Å². The third-order valence-corrected chi connectivity index (χ3v) is 5.42. The molecule has 1 amide bonds. The standard InChI is InChI=1S/C18H32NO10P/c1-18(2,3)29-16(21)19(13-14(20)24-4)12-10-8-9-11-15(28-17(22)25-5)30(23,26-6)27-7/h9,11,15H,8,10,12-13H2,1-7H3/b11-9+/t15-/m1/s1. The largest absolute Gasteiger partial charge is 0.509 e. The van der Waals surface area contributed by atoms with E-state index in [-0.39, 0.29) is 13.1 Å². The van der Waals surface area contributed by atoms with Crippen molar-refractivity contribution >= 4 is 25.8 Å². The molecule has 0 unspecified atom stereocenters. The molecule has 0 radical (unpaired) electrons. The third-order valence-electron chi connectivity index (χ3n) is 3.50. The lowest BCUT2D eigenvalue weighted by atomic mass is 10.2. The minimum atomic E-state index is -3.74. The summed E-state index contributed by atoms with van der Waals surface area (Å²) < 4.78 is 41.4. The van der Waals surface area contributed by atoms with Crippen LogP contribution in [0.25, 0.3) is 0 Å². The van der Waals surface area contributed by atoms with Gasteiger partial charge in [0.25, 0.3) is 0 Å². The molecule has 0 heterocycles. The molecule has 0 aromatic rings. The lowest BCUT2D eigenvalue weighted by Gasteiger charge is -2.26. The second kappa shape index (κ2) is 13.3. The van der Waals surface area contributed by atoms with Crippen LogP contribution in [0.15, 0.2) is 12.2 Å². The van der Waals surface area contributed by atoms with E-state index in [0.717, 1.165) is 21.3 Å². The Morgan fingerprint density at radius 2 is 1.63 bits per heavy atom. The van der Waals surface area contributed by atoms with Gasteiger partial charge >= 0.3 is 25.8 Å². The summed E-state index contributed by atoms with van der Waals surface area (Å²) in [5.41, 5.74) is -0.717. The van der Waals surface area contributed by atoms with Crippen molar-refractivity contribution in [2.75, 3.05) is 41.5 Å². The smallest absolute Gasteiger partial charge is 0.468 e. The number of carbonyl (C=O) groups excluding carboxylic acids is 3. The number of methoxy groups -OCH3 is 2. The first-order valence-corrected chi connectivity index (χ1v) is 10.7. The van der Waals surface area contributed by atoms with Crippen LogP contribution in [0.2, 0.25) is 0 Å². The van der Waals surface area contributed by atoms with Crippen molar-refractivity contribution in [1.82, 2.24) is 4.90 Å². The zero-order valence-corrected chi connectivity index (χ0v) is 19.4. The average molecular weight is 453 g/mol. The zero-order valence-electron chi connectivity index (χ0n) is 18.5. The number of amides is 1. The van der Waals surface area contributed by atoms with Gasteiger partial charge < -0.3 is 28.0 Å². The summed E-state index contributed by atoms with van der Waals surface area (Å²) in [6.07, 6.45) is 2.07. The van der Waals surface area contributed by atoms with E-state index in [4.69, 9.17) is 18.5 Å². The normalized spacial score (nSPS) is 12.9. The highest BCUT2D eigenvalue weighted by molar-refractivity contribution is 7.54. The number of esters is 1.